The van der Waals surface area contributed by atoms with Crippen LogP contribution in [0.25, 0.3) is 16.7 Å². The van der Waals surface area contributed by atoms with Crippen LogP contribution in [0, 0.1) is 23.4 Å². The molecule has 41 heavy (non-hydrogen) atoms. The van der Waals surface area contributed by atoms with Crippen molar-refractivity contribution in [2.24, 2.45) is 5.92 Å². The summed E-state index contributed by atoms with van der Waals surface area (Å²) < 4.78 is 94.1. The van der Waals surface area contributed by atoms with Crippen LogP contribution in [0.2, 0.25) is 0 Å². The van der Waals surface area contributed by atoms with Gasteiger partial charge in [-0.2, -0.15) is 13.2 Å². The molecular formula is C25H18F6N4O6. The zero-order valence-electron chi connectivity index (χ0n) is 20.8. The molecule has 0 unspecified atom stereocenters. The van der Waals surface area contributed by atoms with Gasteiger partial charge in [-0.3, -0.25) is 19.1 Å². The van der Waals surface area contributed by atoms with Gasteiger partial charge >= 0.3 is 18.2 Å². The maximum Gasteiger partial charge on any atom is 0.416 e. The van der Waals surface area contributed by atoms with Crippen LogP contribution in [-0.4, -0.2) is 59.5 Å². The van der Waals surface area contributed by atoms with Gasteiger partial charge in [0.15, 0.2) is 17.3 Å². The molecule has 0 bridgehead atoms. The van der Waals surface area contributed by atoms with E-state index in [1.54, 1.807) is 5.32 Å². The highest BCUT2D eigenvalue weighted by molar-refractivity contribution is 5.98. The van der Waals surface area contributed by atoms with Crippen molar-refractivity contribution in [1.82, 2.24) is 14.9 Å². The number of halogens is 6. The SMILES string of the molecule is COC(=O)[C@@H]1CN(c2ccc3c(=O)c(C(=O)N[C@@H](C4CC4)C(F)(F)F)cn(-c4c(F)cc(F)cc4F)c3n2)C(=O)O1. The second-order valence-electron chi connectivity index (χ2n) is 9.34. The highest BCUT2D eigenvalue weighted by Crippen LogP contribution is 2.40. The van der Waals surface area contributed by atoms with Gasteiger partial charge in [0.1, 0.15) is 28.9 Å². The zero-order chi connectivity index (χ0) is 29.8. The third kappa shape index (κ3) is 5.16. The summed E-state index contributed by atoms with van der Waals surface area (Å²) in [4.78, 5) is 55.4. The molecule has 1 saturated carbocycles. The first-order valence-corrected chi connectivity index (χ1v) is 11.9. The molecule has 0 radical (unpaired) electrons. The number of methoxy groups -OCH3 is 1. The fourth-order valence-corrected chi connectivity index (χ4v) is 4.46. The van der Waals surface area contributed by atoms with Gasteiger partial charge in [0, 0.05) is 18.3 Å². The highest BCUT2D eigenvalue weighted by Gasteiger charge is 2.50. The van der Waals surface area contributed by atoms with Crippen LogP contribution in [0.1, 0.15) is 23.2 Å². The standard InChI is InChI=1S/C25H18F6N4O6/c1-40-23(38)16-9-34(24(39)41-16)17-5-4-12-19(36)13(22(37)33-20(10-2-3-10)25(29,30)31)8-35(21(12)32-17)18-14(27)6-11(26)7-15(18)28/h4-8,10,16,20H,2-3,9H2,1H3,(H,33,37)/t16-,20-/m0/s1. The lowest BCUT2D eigenvalue weighted by Crippen LogP contribution is -2.48. The van der Waals surface area contributed by atoms with Crippen LogP contribution < -0.4 is 15.6 Å². The Labute approximate surface area is 225 Å². The second-order valence-corrected chi connectivity index (χ2v) is 9.34. The monoisotopic (exact) mass is 584 g/mol. The summed E-state index contributed by atoms with van der Waals surface area (Å²) in [5, 5.41) is 1.31. The van der Waals surface area contributed by atoms with Crippen molar-refractivity contribution in [1.29, 1.82) is 0 Å². The summed E-state index contributed by atoms with van der Waals surface area (Å²) in [6.45, 7) is -0.381. The minimum Gasteiger partial charge on any atom is -0.466 e. The Morgan fingerprint density at radius 1 is 1.12 bits per heavy atom. The largest absolute Gasteiger partial charge is 0.466 e. The number of fused-ring (bicyclic) bond motifs is 1. The third-order valence-corrected chi connectivity index (χ3v) is 6.59. The van der Waals surface area contributed by atoms with Crippen LogP contribution >= 0.6 is 0 Å². The molecule has 2 fully saturated rings. The molecule has 3 aromatic rings. The van der Waals surface area contributed by atoms with Crippen molar-refractivity contribution in [3.05, 3.63) is 63.7 Å². The number of alkyl halides is 3. The molecule has 0 spiro atoms. The second kappa shape index (κ2) is 10.1. The van der Waals surface area contributed by atoms with Crippen LogP contribution in [0.4, 0.5) is 37.0 Å². The summed E-state index contributed by atoms with van der Waals surface area (Å²) in [5.41, 5.74) is -3.60. The number of hydrogen-bond acceptors (Lipinski definition) is 7. The van der Waals surface area contributed by atoms with Gasteiger partial charge in [-0.1, -0.05) is 0 Å². The molecule has 1 aromatic carbocycles. The van der Waals surface area contributed by atoms with E-state index in [4.69, 9.17) is 4.74 Å². The number of esters is 1. The van der Waals surface area contributed by atoms with Crippen LogP contribution in [0.15, 0.2) is 35.3 Å². The van der Waals surface area contributed by atoms with Crippen molar-refractivity contribution >= 4 is 34.8 Å². The number of anilines is 1. The molecule has 5 rings (SSSR count). The summed E-state index contributed by atoms with van der Waals surface area (Å²) >= 11 is 0. The fourth-order valence-electron chi connectivity index (χ4n) is 4.46. The minimum atomic E-state index is -4.83. The van der Waals surface area contributed by atoms with Gasteiger partial charge in [-0.25, -0.2) is 27.7 Å². The first kappa shape index (κ1) is 27.9. The summed E-state index contributed by atoms with van der Waals surface area (Å²) in [7, 11) is 1.06. The molecule has 2 aromatic heterocycles. The van der Waals surface area contributed by atoms with Gasteiger partial charge in [0.25, 0.3) is 5.91 Å². The fraction of sp³-hybridized carbons (Fsp3) is 0.320. The number of amides is 2. The molecular weight excluding hydrogens is 566 g/mol. The van der Waals surface area contributed by atoms with Crippen molar-refractivity contribution in [2.75, 3.05) is 18.6 Å². The number of benzene rings is 1. The molecule has 1 saturated heterocycles. The first-order chi connectivity index (χ1) is 19.3. The predicted molar refractivity (Wildman–Crippen MR) is 127 cm³/mol. The molecule has 16 heteroatoms. The van der Waals surface area contributed by atoms with E-state index in [1.165, 1.54) is 0 Å². The maximum absolute atomic E-state index is 14.9. The van der Waals surface area contributed by atoms with E-state index in [2.05, 4.69) is 9.72 Å². The van der Waals surface area contributed by atoms with Crippen molar-refractivity contribution in [2.45, 2.75) is 31.2 Å². The van der Waals surface area contributed by atoms with Gasteiger partial charge in [0.2, 0.25) is 11.5 Å². The number of pyridine rings is 2. The normalized spacial score (nSPS) is 17.9. The lowest BCUT2D eigenvalue weighted by atomic mass is 10.1. The minimum absolute atomic E-state index is 0.195. The smallest absolute Gasteiger partial charge is 0.416 e. The van der Waals surface area contributed by atoms with Crippen LogP contribution in [0.5, 0.6) is 0 Å². The number of rotatable bonds is 6. The molecule has 2 aliphatic rings. The number of cyclic esters (lactones) is 1. The van der Waals surface area contributed by atoms with E-state index in [9.17, 15) is 45.5 Å². The van der Waals surface area contributed by atoms with Crippen molar-refractivity contribution in [3.8, 4) is 5.69 Å². The Balaban J connectivity index is 1.67. The van der Waals surface area contributed by atoms with Crippen LogP contribution in [0.3, 0.4) is 0 Å². The number of ether oxygens (including phenoxy) is 2. The first-order valence-electron chi connectivity index (χ1n) is 11.9. The van der Waals surface area contributed by atoms with Crippen molar-refractivity contribution < 1.29 is 50.2 Å². The number of carbonyl (C=O) groups excluding carboxylic acids is 3. The van der Waals surface area contributed by atoms with E-state index in [1.807, 2.05) is 0 Å². The number of nitrogens with one attached hydrogen (secondary N) is 1. The highest BCUT2D eigenvalue weighted by atomic mass is 19.4. The number of carbonyl (C=O) groups is 3. The Morgan fingerprint density at radius 2 is 1.78 bits per heavy atom. The average molecular weight is 584 g/mol. The average Bonchev–Trinajstić information content (AvgIpc) is 3.66. The van der Waals surface area contributed by atoms with Gasteiger partial charge < -0.3 is 14.8 Å². The number of aromatic nitrogens is 2. The maximum atomic E-state index is 14.9. The van der Waals surface area contributed by atoms with Gasteiger partial charge in [-0.05, 0) is 30.9 Å². The lowest BCUT2D eigenvalue weighted by molar-refractivity contribution is -0.158. The number of hydrogen-bond donors (Lipinski definition) is 1. The Morgan fingerprint density at radius 3 is 2.37 bits per heavy atom. The Hall–Kier alpha value is -4.63. The summed E-state index contributed by atoms with van der Waals surface area (Å²) in [5.74, 6) is -7.79. The predicted octanol–water partition coefficient (Wildman–Crippen LogP) is 3.37. The lowest BCUT2D eigenvalue weighted by Gasteiger charge is -2.22. The van der Waals surface area contributed by atoms with Gasteiger partial charge in [-0.15, -0.1) is 0 Å². The van der Waals surface area contributed by atoms with E-state index in [0.29, 0.717) is 22.9 Å². The van der Waals surface area contributed by atoms with E-state index >= 15 is 0 Å². The van der Waals surface area contributed by atoms with E-state index in [0.717, 1.165) is 24.1 Å². The van der Waals surface area contributed by atoms with E-state index in [-0.39, 0.29) is 25.2 Å². The molecule has 2 atom stereocenters. The molecule has 10 nitrogen and oxygen atoms in total. The third-order valence-electron chi connectivity index (χ3n) is 6.59. The number of nitrogens with zero attached hydrogens (tertiary/aromatic N) is 3. The topological polar surface area (TPSA) is 120 Å². The molecule has 3 heterocycles. The Bertz CT molecular complexity index is 1630. The summed E-state index contributed by atoms with van der Waals surface area (Å²) in [6.07, 6.45) is -6.24. The van der Waals surface area contributed by atoms with Gasteiger partial charge in [0.05, 0.1) is 19.0 Å². The zero-order valence-corrected chi connectivity index (χ0v) is 20.8. The van der Waals surface area contributed by atoms with Crippen LogP contribution in [-0.2, 0) is 14.3 Å². The molecule has 2 amide bonds. The van der Waals surface area contributed by atoms with Crippen molar-refractivity contribution in [3.63, 3.8) is 0 Å². The summed E-state index contributed by atoms with van der Waals surface area (Å²) in [6, 6.07) is 0.460. The molecule has 1 aliphatic heterocycles. The molecule has 1 aliphatic carbocycles. The molecule has 1 N–H and O–H groups in total. The van der Waals surface area contributed by atoms with E-state index < -0.39 is 87.4 Å². The Kier molecular flexibility index (Phi) is 6.87. The quantitative estimate of drug-likeness (QED) is 0.349. The molecule has 216 valence electrons.